The van der Waals surface area contributed by atoms with Crippen molar-refractivity contribution in [2.75, 3.05) is 0 Å². The van der Waals surface area contributed by atoms with E-state index >= 15 is 0 Å². The highest BCUT2D eigenvalue weighted by Crippen LogP contribution is 2.22. The third-order valence-electron chi connectivity index (χ3n) is 1.90. The minimum Gasteiger partial charge on any atom is -0.388 e. The molecular formula is C9H9BrN2OS. The van der Waals surface area contributed by atoms with Gasteiger partial charge < -0.3 is 9.67 Å². The molecule has 0 aliphatic rings. The molecule has 0 radical (unpaired) electrons. The molecule has 14 heavy (non-hydrogen) atoms. The first-order chi connectivity index (χ1) is 6.79. The summed E-state index contributed by atoms with van der Waals surface area (Å²) in [6.45, 7) is 0.756. The van der Waals surface area contributed by atoms with Gasteiger partial charge in [0.05, 0.1) is 10.3 Å². The summed E-state index contributed by atoms with van der Waals surface area (Å²) in [6.07, 6.45) is 3.58. The molecule has 2 rings (SSSR count). The van der Waals surface area contributed by atoms with Gasteiger partial charge in [-0.1, -0.05) is 0 Å². The van der Waals surface area contributed by atoms with E-state index in [1.165, 1.54) is 4.88 Å². The molecule has 0 unspecified atom stereocenters. The average Bonchev–Trinajstić information content (AvgIpc) is 2.76. The van der Waals surface area contributed by atoms with Gasteiger partial charge in [-0.15, -0.1) is 11.3 Å². The summed E-state index contributed by atoms with van der Waals surface area (Å²) < 4.78 is 3.07. The van der Waals surface area contributed by atoms with E-state index in [9.17, 15) is 0 Å². The fourth-order valence-corrected chi connectivity index (χ4v) is 2.72. The number of nitrogens with zero attached hydrogens (tertiary/aromatic N) is 2. The van der Waals surface area contributed by atoms with Crippen LogP contribution in [0.3, 0.4) is 0 Å². The molecule has 0 spiro atoms. The van der Waals surface area contributed by atoms with Gasteiger partial charge in [-0.3, -0.25) is 0 Å². The lowest BCUT2D eigenvalue weighted by atomic mass is 10.4. The molecule has 0 bridgehead atoms. The molecule has 2 aromatic rings. The standard InChI is InChI=1S/C9H9BrN2OS/c10-8-2-1-7(14-8)5-12-4-3-11-9(12)6-13/h1-4,13H,5-6H2. The Morgan fingerprint density at radius 2 is 2.36 bits per heavy atom. The van der Waals surface area contributed by atoms with Gasteiger partial charge in [0.15, 0.2) is 0 Å². The van der Waals surface area contributed by atoms with Gasteiger partial charge in [0, 0.05) is 17.3 Å². The predicted molar refractivity (Wildman–Crippen MR) is 59.3 cm³/mol. The van der Waals surface area contributed by atoms with Gasteiger partial charge >= 0.3 is 0 Å². The van der Waals surface area contributed by atoms with Crippen LogP contribution in [-0.2, 0) is 13.2 Å². The van der Waals surface area contributed by atoms with Gasteiger partial charge in [0.1, 0.15) is 12.4 Å². The van der Waals surface area contributed by atoms with Gasteiger partial charge in [0.25, 0.3) is 0 Å². The summed E-state index contributed by atoms with van der Waals surface area (Å²) >= 11 is 5.11. The smallest absolute Gasteiger partial charge is 0.134 e. The molecule has 0 aliphatic carbocycles. The van der Waals surface area contributed by atoms with E-state index in [0.717, 1.165) is 10.3 Å². The van der Waals surface area contributed by atoms with E-state index in [-0.39, 0.29) is 6.61 Å². The first-order valence-electron chi connectivity index (χ1n) is 4.14. The van der Waals surface area contributed by atoms with Crippen LogP contribution in [0.4, 0.5) is 0 Å². The SMILES string of the molecule is OCc1nccn1Cc1ccc(Br)s1. The molecule has 0 saturated heterocycles. The van der Waals surface area contributed by atoms with E-state index in [2.05, 4.69) is 27.0 Å². The molecule has 5 heteroatoms. The van der Waals surface area contributed by atoms with Crippen molar-refractivity contribution in [1.82, 2.24) is 9.55 Å². The maximum absolute atomic E-state index is 9.00. The van der Waals surface area contributed by atoms with Crippen LogP contribution in [0.5, 0.6) is 0 Å². The van der Waals surface area contributed by atoms with Crippen LogP contribution in [0, 0.1) is 0 Å². The lowest BCUT2D eigenvalue weighted by molar-refractivity contribution is 0.266. The lowest BCUT2D eigenvalue weighted by Gasteiger charge is -2.02. The van der Waals surface area contributed by atoms with Gasteiger partial charge in [-0.25, -0.2) is 4.98 Å². The van der Waals surface area contributed by atoms with Crippen LogP contribution >= 0.6 is 27.3 Å². The molecule has 0 fully saturated rings. The van der Waals surface area contributed by atoms with Crippen LogP contribution in [-0.4, -0.2) is 14.7 Å². The van der Waals surface area contributed by atoms with Crippen LogP contribution in [0.15, 0.2) is 28.3 Å². The van der Waals surface area contributed by atoms with E-state index in [1.54, 1.807) is 17.5 Å². The number of halogens is 1. The molecule has 2 heterocycles. The third-order valence-corrected chi connectivity index (χ3v) is 3.51. The van der Waals surface area contributed by atoms with Crippen LogP contribution in [0.2, 0.25) is 0 Å². The molecule has 0 saturated carbocycles. The van der Waals surface area contributed by atoms with Crippen molar-refractivity contribution in [3.63, 3.8) is 0 Å². The van der Waals surface area contributed by atoms with Crippen molar-refractivity contribution in [3.8, 4) is 0 Å². The molecule has 0 atom stereocenters. The summed E-state index contributed by atoms with van der Waals surface area (Å²) in [5.74, 6) is 0.703. The molecule has 0 aromatic carbocycles. The molecule has 2 aromatic heterocycles. The zero-order chi connectivity index (χ0) is 9.97. The summed E-state index contributed by atoms with van der Waals surface area (Å²) in [4.78, 5) is 5.28. The van der Waals surface area contributed by atoms with Crippen molar-refractivity contribution in [1.29, 1.82) is 0 Å². The fourth-order valence-electron chi connectivity index (χ4n) is 1.24. The number of hydrogen-bond donors (Lipinski definition) is 1. The van der Waals surface area contributed by atoms with Crippen LogP contribution < -0.4 is 0 Å². The zero-order valence-corrected chi connectivity index (χ0v) is 9.75. The number of thiophene rings is 1. The number of hydrogen-bond acceptors (Lipinski definition) is 3. The van der Waals surface area contributed by atoms with Crippen molar-refractivity contribution < 1.29 is 5.11 Å². The lowest BCUT2D eigenvalue weighted by Crippen LogP contribution is -2.02. The Morgan fingerprint density at radius 3 is 3.00 bits per heavy atom. The Kier molecular flexibility index (Phi) is 3.00. The Hall–Kier alpha value is -0.650. The molecule has 3 nitrogen and oxygen atoms in total. The maximum atomic E-state index is 9.00. The van der Waals surface area contributed by atoms with Gasteiger partial charge in [0.2, 0.25) is 0 Å². The van der Waals surface area contributed by atoms with Crippen LogP contribution in [0.25, 0.3) is 0 Å². The van der Waals surface area contributed by atoms with Gasteiger partial charge in [-0.2, -0.15) is 0 Å². The highest BCUT2D eigenvalue weighted by atomic mass is 79.9. The van der Waals surface area contributed by atoms with E-state index in [4.69, 9.17) is 5.11 Å². The maximum Gasteiger partial charge on any atom is 0.134 e. The first kappa shape index (κ1) is 9.89. The minimum absolute atomic E-state index is 0.0143. The second-order valence-corrected chi connectivity index (χ2v) is 5.38. The van der Waals surface area contributed by atoms with Crippen molar-refractivity contribution in [2.45, 2.75) is 13.2 Å². The molecule has 1 N–H and O–H groups in total. The Bertz CT molecular complexity index is 424. The average molecular weight is 273 g/mol. The molecule has 74 valence electrons. The topological polar surface area (TPSA) is 38.1 Å². The monoisotopic (exact) mass is 272 g/mol. The van der Waals surface area contributed by atoms with E-state index in [0.29, 0.717) is 5.82 Å². The molecule has 0 aliphatic heterocycles. The summed E-state index contributed by atoms with van der Waals surface area (Å²) in [5.41, 5.74) is 0. The normalized spacial score (nSPS) is 10.7. The largest absolute Gasteiger partial charge is 0.388 e. The van der Waals surface area contributed by atoms with E-state index < -0.39 is 0 Å². The fraction of sp³-hybridized carbons (Fsp3) is 0.222. The summed E-state index contributed by atoms with van der Waals surface area (Å²) in [7, 11) is 0. The second kappa shape index (κ2) is 4.25. The molecular weight excluding hydrogens is 264 g/mol. The van der Waals surface area contributed by atoms with E-state index in [1.807, 2.05) is 16.8 Å². The van der Waals surface area contributed by atoms with Crippen molar-refractivity contribution in [2.24, 2.45) is 0 Å². The van der Waals surface area contributed by atoms with Crippen molar-refractivity contribution in [3.05, 3.63) is 39.0 Å². The number of rotatable bonds is 3. The summed E-state index contributed by atoms with van der Waals surface area (Å²) in [5, 5.41) is 9.00. The number of aromatic nitrogens is 2. The highest BCUT2D eigenvalue weighted by Gasteiger charge is 2.03. The quantitative estimate of drug-likeness (QED) is 0.931. The Morgan fingerprint density at radius 1 is 1.50 bits per heavy atom. The predicted octanol–water partition coefficient (Wildman–Crippen LogP) is 2.25. The highest BCUT2D eigenvalue weighted by molar-refractivity contribution is 9.11. The summed E-state index contributed by atoms with van der Waals surface area (Å²) in [6, 6.07) is 4.09. The number of aliphatic hydroxyl groups is 1. The van der Waals surface area contributed by atoms with Crippen molar-refractivity contribution >= 4 is 27.3 Å². The third kappa shape index (κ3) is 2.05. The zero-order valence-electron chi connectivity index (χ0n) is 7.35. The first-order valence-corrected chi connectivity index (χ1v) is 5.75. The molecule has 0 amide bonds. The number of imidazole rings is 1. The Labute approximate surface area is 94.2 Å². The van der Waals surface area contributed by atoms with Crippen LogP contribution in [0.1, 0.15) is 10.7 Å². The second-order valence-electron chi connectivity index (χ2n) is 2.84. The minimum atomic E-state index is -0.0143. The Balaban J connectivity index is 2.18. The van der Waals surface area contributed by atoms with Gasteiger partial charge in [-0.05, 0) is 28.1 Å². The number of aliphatic hydroxyl groups excluding tert-OH is 1.